The third-order valence-electron chi connectivity index (χ3n) is 9.80. The largest absolute Gasteiger partial charge is 0.390 e. The highest BCUT2D eigenvalue weighted by atomic mass is 16.5. The van der Waals surface area contributed by atoms with Crippen LogP contribution < -0.4 is 0 Å². The molecule has 9 atom stereocenters. The van der Waals surface area contributed by atoms with Gasteiger partial charge < -0.3 is 9.84 Å². The van der Waals surface area contributed by atoms with Gasteiger partial charge in [0.15, 0.2) is 0 Å². The fraction of sp³-hybridized carbons (Fsp3) is 0.957. The molecule has 3 heteroatoms. The van der Waals surface area contributed by atoms with Crippen LogP contribution in [0.5, 0.6) is 0 Å². The second kappa shape index (κ2) is 6.04. The van der Waals surface area contributed by atoms with Crippen LogP contribution in [-0.2, 0) is 9.53 Å². The van der Waals surface area contributed by atoms with Crippen LogP contribution in [0.2, 0.25) is 0 Å². The predicted molar refractivity (Wildman–Crippen MR) is 103 cm³/mol. The molecule has 0 bridgehead atoms. The van der Waals surface area contributed by atoms with E-state index in [2.05, 4.69) is 13.8 Å². The number of hydrogen-bond donors (Lipinski definition) is 1. The van der Waals surface area contributed by atoms with Gasteiger partial charge in [0.25, 0.3) is 0 Å². The molecule has 0 heterocycles. The number of methoxy groups -OCH3 is 1. The third kappa shape index (κ3) is 2.49. The standard InChI is InChI=1S/C23H38O3/c1-14(24)17-8-9-18-16-7-6-15-13-21(2,25)10-11-22(15,3)19(16)12-20(26-5)23(17,18)4/h15-20,25H,6-13H2,1-5H3/t15-,16-,17+,18-,19-,20-,21+,22-,23+/m0/s1. The van der Waals surface area contributed by atoms with Crippen molar-refractivity contribution >= 4 is 5.78 Å². The molecular formula is C23H38O3. The summed E-state index contributed by atoms with van der Waals surface area (Å²) in [4.78, 5) is 12.4. The molecule has 1 N–H and O–H groups in total. The lowest BCUT2D eigenvalue weighted by molar-refractivity contribution is -0.188. The first-order chi connectivity index (χ1) is 12.1. The summed E-state index contributed by atoms with van der Waals surface area (Å²) in [6, 6.07) is 0. The average molecular weight is 363 g/mol. The summed E-state index contributed by atoms with van der Waals surface area (Å²) < 4.78 is 6.10. The van der Waals surface area contributed by atoms with Crippen LogP contribution in [-0.4, -0.2) is 29.7 Å². The Labute approximate surface area is 159 Å². The fourth-order valence-electron chi connectivity index (χ4n) is 8.38. The van der Waals surface area contributed by atoms with Crippen molar-refractivity contribution < 1.29 is 14.6 Å². The van der Waals surface area contributed by atoms with Crippen LogP contribution in [0.1, 0.15) is 79.1 Å². The zero-order chi connectivity index (χ0) is 18.9. The second-order valence-corrected chi connectivity index (χ2v) is 10.9. The lowest BCUT2D eigenvalue weighted by atomic mass is 9.43. The third-order valence-corrected chi connectivity index (χ3v) is 9.80. The quantitative estimate of drug-likeness (QED) is 0.780. The maximum absolute atomic E-state index is 12.4. The van der Waals surface area contributed by atoms with Crippen LogP contribution >= 0.6 is 0 Å². The first-order valence-electron chi connectivity index (χ1n) is 10.9. The Morgan fingerprint density at radius 2 is 1.77 bits per heavy atom. The van der Waals surface area contributed by atoms with Crippen molar-refractivity contribution in [3.63, 3.8) is 0 Å². The topological polar surface area (TPSA) is 46.5 Å². The van der Waals surface area contributed by atoms with Gasteiger partial charge in [0.2, 0.25) is 0 Å². The molecule has 4 fully saturated rings. The van der Waals surface area contributed by atoms with Gasteiger partial charge in [-0.05, 0) is 94.3 Å². The molecular weight excluding hydrogens is 324 g/mol. The van der Waals surface area contributed by atoms with Crippen molar-refractivity contribution in [1.82, 2.24) is 0 Å². The average Bonchev–Trinajstić information content (AvgIpc) is 2.93. The number of carbonyl (C=O) groups excluding carboxylic acids is 1. The SMILES string of the molecule is CO[C@H]1C[C@H]2[C@@H](CC[C@H]3C[C@](C)(O)CC[C@@]32C)[C@@H]2CC[C@H](C(C)=O)[C@@]12C. The Morgan fingerprint density at radius 1 is 1.04 bits per heavy atom. The maximum atomic E-state index is 12.4. The minimum atomic E-state index is -0.478. The first-order valence-corrected chi connectivity index (χ1v) is 10.9. The van der Waals surface area contributed by atoms with Crippen molar-refractivity contribution in [1.29, 1.82) is 0 Å². The highest BCUT2D eigenvalue weighted by Crippen LogP contribution is 2.68. The Balaban J connectivity index is 1.68. The monoisotopic (exact) mass is 362 g/mol. The molecule has 0 unspecified atom stereocenters. The summed E-state index contributed by atoms with van der Waals surface area (Å²) in [6.07, 6.45) is 9.11. The minimum absolute atomic E-state index is 0.0190. The molecule has 148 valence electrons. The van der Waals surface area contributed by atoms with Crippen molar-refractivity contribution in [2.24, 2.45) is 40.4 Å². The lowest BCUT2D eigenvalue weighted by Crippen LogP contribution is -2.60. The Hall–Kier alpha value is -0.410. The molecule has 0 radical (unpaired) electrons. The van der Waals surface area contributed by atoms with Gasteiger partial charge in [-0.15, -0.1) is 0 Å². The van der Waals surface area contributed by atoms with Crippen LogP contribution in [0.25, 0.3) is 0 Å². The molecule has 4 aliphatic carbocycles. The second-order valence-electron chi connectivity index (χ2n) is 10.9. The van der Waals surface area contributed by atoms with Crippen LogP contribution in [0.15, 0.2) is 0 Å². The summed E-state index contributed by atoms with van der Waals surface area (Å²) >= 11 is 0. The van der Waals surface area contributed by atoms with E-state index in [9.17, 15) is 9.90 Å². The molecule has 26 heavy (non-hydrogen) atoms. The lowest BCUT2D eigenvalue weighted by Gasteiger charge is -2.63. The van der Waals surface area contributed by atoms with Crippen molar-refractivity contribution in [2.45, 2.75) is 90.8 Å². The van der Waals surface area contributed by atoms with Crippen molar-refractivity contribution in [3.8, 4) is 0 Å². The molecule has 4 aliphatic rings. The molecule has 4 rings (SSSR count). The molecule has 0 aromatic rings. The number of ketones is 1. The number of fused-ring (bicyclic) bond motifs is 5. The molecule has 4 saturated carbocycles. The van der Waals surface area contributed by atoms with Gasteiger partial charge in [-0.3, -0.25) is 4.79 Å². The highest BCUT2D eigenvalue weighted by Gasteiger charge is 2.64. The smallest absolute Gasteiger partial charge is 0.133 e. The van der Waals surface area contributed by atoms with Crippen LogP contribution in [0, 0.1) is 40.4 Å². The predicted octanol–water partition coefficient (Wildman–Crippen LogP) is 4.61. The van der Waals surface area contributed by atoms with Gasteiger partial charge in [-0.1, -0.05) is 13.8 Å². The molecule has 0 amide bonds. The zero-order valence-electron chi connectivity index (χ0n) is 17.4. The van der Waals surface area contributed by atoms with E-state index in [1.807, 2.05) is 14.0 Å². The van der Waals surface area contributed by atoms with Gasteiger partial charge in [0.1, 0.15) is 5.78 Å². The maximum Gasteiger partial charge on any atom is 0.133 e. The molecule has 0 aromatic heterocycles. The van der Waals surface area contributed by atoms with E-state index in [0.29, 0.717) is 29.0 Å². The van der Waals surface area contributed by atoms with E-state index in [-0.39, 0.29) is 17.4 Å². The highest BCUT2D eigenvalue weighted by molar-refractivity contribution is 5.79. The van der Waals surface area contributed by atoms with Gasteiger partial charge in [0.05, 0.1) is 11.7 Å². The molecule has 0 saturated heterocycles. The number of hydrogen-bond acceptors (Lipinski definition) is 3. The van der Waals surface area contributed by atoms with E-state index in [0.717, 1.165) is 38.0 Å². The van der Waals surface area contributed by atoms with E-state index < -0.39 is 5.60 Å². The van der Waals surface area contributed by atoms with Crippen molar-refractivity contribution in [2.75, 3.05) is 7.11 Å². The Bertz CT molecular complexity index is 584. The molecule has 3 nitrogen and oxygen atoms in total. The zero-order valence-corrected chi connectivity index (χ0v) is 17.4. The van der Waals surface area contributed by atoms with Gasteiger partial charge in [-0.25, -0.2) is 0 Å². The molecule has 0 spiro atoms. The van der Waals surface area contributed by atoms with Crippen LogP contribution in [0.4, 0.5) is 0 Å². The normalized spacial score (nSPS) is 56.4. The number of carbonyl (C=O) groups is 1. The van der Waals surface area contributed by atoms with Gasteiger partial charge in [-0.2, -0.15) is 0 Å². The van der Waals surface area contributed by atoms with E-state index in [4.69, 9.17) is 4.74 Å². The Kier molecular flexibility index (Phi) is 4.40. The molecule has 0 aliphatic heterocycles. The first kappa shape index (κ1) is 18.9. The summed E-state index contributed by atoms with van der Waals surface area (Å²) in [5.74, 6) is 3.23. The number of aliphatic hydroxyl groups is 1. The fourth-order valence-corrected chi connectivity index (χ4v) is 8.38. The van der Waals surface area contributed by atoms with Gasteiger partial charge >= 0.3 is 0 Å². The van der Waals surface area contributed by atoms with Gasteiger partial charge in [0, 0.05) is 18.4 Å². The number of ether oxygens (including phenoxy) is 1. The van der Waals surface area contributed by atoms with E-state index >= 15 is 0 Å². The summed E-state index contributed by atoms with van der Waals surface area (Å²) in [7, 11) is 1.86. The summed E-state index contributed by atoms with van der Waals surface area (Å²) in [5, 5.41) is 10.6. The van der Waals surface area contributed by atoms with Crippen LogP contribution in [0.3, 0.4) is 0 Å². The van der Waals surface area contributed by atoms with E-state index in [1.54, 1.807) is 6.92 Å². The minimum Gasteiger partial charge on any atom is -0.390 e. The number of rotatable bonds is 2. The van der Waals surface area contributed by atoms with Crippen molar-refractivity contribution in [3.05, 3.63) is 0 Å². The van der Waals surface area contributed by atoms with E-state index in [1.165, 1.54) is 19.3 Å². The molecule has 0 aromatic carbocycles. The Morgan fingerprint density at radius 3 is 2.42 bits per heavy atom. The summed E-state index contributed by atoms with van der Waals surface area (Å²) in [5.41, 5.74) is -0.128. The number of Topliss-reactive ketones (excluding diaryl/α,β-unsaturated/α-hetero) is 1. The summed E-state index contributed by atoms with van der Waals surface area (Å²) in [6.45, 7) is 8.69.